The van der Waals surface area contributed by atoms with E-state index in [-0.39, 0.29) is 5.30 Å². The average Bonchev–Trinajstić information content (AvgIpc) is 2.26. The number of thioether (sulfide) groups is 1. The molecule has 7 heteroatoms. The fourth-order valence-corrected chi connectivity index (χ4v) is 8.10. The summed E-state index contributed by atoms with van der Waals surface area (Å²) in [6.07, 6.45) is -1.80. The van der Waals surface area contributed by atoms with Crippen LogP contribution < -0.4 is 5.30 Å². The molecule has 0 radical (unpaired) electrons. The van der Waals surface area contributed by atoms with Gasteiger partial charge in [0.1, 0.15) is 0 Å². The highest BCUT2D eigenvalue weighted by Crippen LogP contribution is 2.54. The summed E-state index contributed by atoms with van der Waals surface area (Å²) in [6, 6.07) is 7.58. The van der Waals surface area contributed by atoms with Gasteiger partial charge in [-0.25, -0.2) is 8.42 Å². The minimum absolute atomic E-state index is 0.0665. The topological polar surface area (TPSA) is 68.3 Å². The number of hydrogen-bond acceptors (Lipinski definition) is 5. The van der Waals surface area contributed by atoms with Crippen molar-refractivity contribution in [2.24, 2.45) is 0 Å². The summed E-state index contributed by atoms with van der Waals surface area (Å²) in [5, 5.41) is 0.0665. The van der Waals surface area contributed by atoms with E-state index in [1.165, 1.54) is 18.4 Å². The van der Waals surface area contributed by atoms with Gasteiger partial charge in [0.15, 0.2) is 0 Å². The molecular formula is C9H11O4PS2. The van der Waals surface area contributed by atoms with E-state index in [9.17, 15) is 17.8 Å². The Morgan fingerprint density at radius 1 is 1.25 bits per heavy atom. The first kappa shape index (κ1) is 13.5. The highest BCUT2D eigenvalue weighted by molar-refractivity contribution is 8.65. The van der Waals surface area contributed by atoms with E-state index in [2.05, 4.69) is 0 Å². The molecule has 0 aromatic heterocycles. The van der Waals surface area contributed by atoms with E-state index in [4.69, 9.17) is 0 Å². The van der Waals surface area contributed by atoms with Gasteiger partial charge in [-0.15, -0.1) is 0 Å². The zero-order chi connectivity index (χ0) is 12.4. The molecule has 0 spiro atoms. The van der Waals surface area contributed by atoms with Gasteiger partial charge in [0, 0.05) is 11.6 Å². The van der Waals surface area contributed by atoms with Crippen LogP contribution in [0.5, 0.6) is 0 Å². The first-order chi connectivity index (χ1) is 7.34. The average molecular weight is 278 g/mol. The van der Waals surface area contributed by atoms with Crippen molar-refractivity contribution < 1.29 is 17.8 Å². The van der Waals surface area contributed by atoms with Crippen molar-refractivity contribution in [1.29, 1.82) is 0 Å². The van der Waals surface area contributed by atoms with E-state index in [1.807, 2.05) is 0 Å². The number of hydrogen-bond donors (Lipinski definition) is 0. The monoisotopic (exact) mass is 278 g/mol. The summed E-state index contributed by atoms with van der Waals surface area (Å²) in [4.78, 5) is 10.8. The summed E-state index contributed by atoms with van der Waals surface area (Å²) in [5.41, 5.74) is 0. The molecule has 0 aliphatic rings. The molecule has 0 aliphatic carbocycles. The van der Waals surface area contributed by atoms with Crippen molar-refractivity contribution in [3.63, 3.8) is 0 Å². The van der Waals surface area contributed by atoms with Crippen LogP contribution in [-0.2, 0) is 14.0 Å². The fourth-order valence-electron chi connectivity index (χ4n) is 1.18. The second kappa shape index (κ2) is 4.73. The lowest BCUT2D eigenvalue weighted by Crippen LogP contribution is -2.16. The third-order valence-corrected chi connectivity index (χ3v) is 10.3. The quantitative estimate of drug-likeness (QED) is 0.792. The molecule has 0 aliphatic heterocycles. The van der Waals surface area contributed by atoms with Crippen LogP contribution in [0.25, 0.3) is 0 Å². The lowest BCUT2D eigenvalue weighted by molar-refractivity contribution is 0.275. The lowest BCUT2D eigenvalue weighted by atomic mass is 10.4. The van der Waals surface area contributed by atoms with Crippen molar-refractivity contribution in [3.05, 3.63) is 30.3 Å². The molecule has 1 aromatic carbocycles. The highest BCUT2D eigenvalue weighted by atomic mass is 32.8. The highest BCUT2D eigenvalue weighted by Gasteiger charge is 2.43. The lowest BCUT2D eigenvalue weighted by Gasteiger charge is -2.13. The largest absolute Gasteiger partial charge is 0.295 e. The smallest absolute Gasteiger partial charge is 0.293 e. The van der Waals surface area contributed by atoms with Crippen LogP contribution in [0.1, 0.15) is 0 Å². The minimum atomic E-state index is -4.05. The van der Waals surface area contributed by atoms with Gasteiger partial charge in [-0.3, -0.25) is 9.36 Å². The molecule has 1 atom stereocenters. The van der Waals surface area contributed by atoms with Gasteiger partial charge in [0.2, 0.25) is 9.46 Å². The molecule has 0 saturated carbocycles. The minimum Gasteiger partial charge on any atom is -0.293 e. The Labute approximate surface area is 98.5 Å². The van der Waals surface area contributed by atoms with Gasteiger partial charge >= 0.3 is 0 Å². The van der Waals surface area contributed by atoms with Crippen LogP contribution in [0.3, 0.4) is 0 Å². The normalized spacial score (nSPS) is 15.4. The van der Waals surface area contributed by atoms with Crippen molar-refractivity contribution >= 4 is 37.7 Å². The molecule has 0 heterocycles. The third kappa shape index (κ3) is 2.24. The summed E-state index contributed by atoms with van der Waals surface area (Å²) in [6.45, 7) is 0. The van der Waals surface area contributed by atoms with Gasteiger partial charge in [-0.05, 0) is 6.26 Å². The molecule has 16 heavy (non-hydrogen) atoms. The Balaban J connectivity index is 3.52. The van der Waals surface area contributed by atoms with Crippen LogP contribution in [0.2, 0.25) is 0 Å². The first-order valence-electron chi connectivity index (χ1n) is 4.28. The van der Waals surface area contributed by atoms with Crippen LogP contribution in [0, 0.1) is 0 Å². The van der Waals surface area contributed by atoms with Crippen LogP contribution in [-0.4, -0.2) is 25.8 Å². The Morgan fingerprint density at radius 2 is 1.75 bits per heavy atom. The fraction of sp³-hybridized carbons (Fsp3) is 0.222. The second-order valence-electron chi connectivity index (χ2n) is 3.09. The summed E-state index contributed by atoms with van der Waals surface area (Å²) in [7, 11) is -3.94. The Kier molecular flexibility index (Phi) is 3.99. The predicted molar refractivity (Wildman–Crippen MR) is 67.4 cm³/mol. The van der Waals surface area contributed by atoms with Crippen LogP contribution >= 0.6 is 18.1 Å². The van der Waals surface area contributed by atoms with Crippen molar-refractivity contribution in [2.45, 2.75) is 0 Å². The number of carbonyl (C=O) groups is 1. The van der Waals surface area contributed by atoms with Gasteiger partial charge in [0.05, 0.1) is 0 Å². The first-order valence-corrected chi connectivity index (χ1v) is 9.71. The van der Waals surface area contributed by atoms with Gasteiger partial charge < -0.3 is 0 Å². The van der Waals surface area contributed by atoms with Crippen molar-refractivity contribution in [1.82, 2.24) is 0 Å². The van der Waals surface area contributed by atoms with Gasteiger partial charge in [0.25, 0.3) is 11.2 Å². The van der Waals surface area contributed by atoms with E-state index in [1.54, 1.807) is 18.2 Å². The van der Waals surface area contributed by atoms with E-state index < -0.39 is 20.7 Å². The van der Waals surface area contributed by atoms with Crippen molar-refractivity contribution in [3.8, 4) is 0 Å². The molecule has 0 amide bonds. The molecule has 1 unspecified atom stereocenters. The van der Waals surface area contributed by atoms with E-state index in [0.717, 1.165) is 6.26 Å². The SMILES string of the molecule is CSC(=O)P(=O)(c1ccccc1)S(C)(=O)=O. The zero-order valence-electron chi connectivity index (χ0n) is 8.78. The summed E-state index contributed by atoms with van der Waals surface area (Å²) >= 11 is 0.672. The summed E-state index contributed by atoms with van der Waals surface area (Å²) in [5.74, 6) is 0. The molecule has 1 aromatic rings. The number of rotatable bonds is 3. The van der Waals surface area contributed by atoms with Crippen LogP contribution in [0.15, 0.2) is 30.3 Å². The summed E-state index contributed by atoms with van der Waals surface area (Å²) < 4.78 is 35.5. The number of benzene rings is 1. The Hall–Kier alpha value is -0.580. The molecule has 0 fully saturated rings. The predicted octanol–water partition coefficient (Wildman–Crippen LogP) is 2.12. The molecule has 0 N–H and O–H groups in total. The Morgan fingerprint density at radius 3 is 2.12 bits per heavy atom. The van der Waals surface area contributed by atoms with E-state index >= 15 is 0 Å². The molecule has 88 valence electrons. The van der Waals surface area contributed by atoms with E-state index in [0.29, 0.717) is 11.8 Å². The zero-order valence-corrected chi connectivity index (χ0v) is 11.3. The van der Waals surface area contributed by atoms with Gasteiger partial charge in [-0.1, -0.05) is 42.1 Å². The molecule has 0 bridgehead atoms. The second-order valence-corrected chi connectivity index (χ2v) is 11.2. The standard InChI is InChI=1S/C9H11O4PS2/c1-15-9(10)14(11,16(2,12)13)8-6-4-3-5-7-8/h3-7H,1-2H3. The maximum atomic E-state index is 12.4. The molecular weight excluding hydrogens is 267 g/mol. The van der Waals surface area contributed by atoms with Crippen molar-refractivity contribution in [2.75, 3.05) is 12.5 Å². The van der Waals surface area contributed by atoms with Gasteiger partial charge in [-0.2, -0.15) is 0 Å². The molecule has 4 nitrogen and oxygen atoms in total. The molecule has 1 rings (SSSR count). The maximum Gasteiger partial charge on any atom is 0.295 e. The molecule has 0 saturated heterocycles. The third-order valence-electron chi connectivity index (χ3n) is 1.98. The maximum absolute atomic E-state index is 12.4. The Bertz CT molecular complexity index is 536. The number of carbonyl (C=O) groups excluding carboxylic acids is 1. The van der Waals surface area contributed by atoms with Crippen LogP contribution in [0.4, 0.5) is 4.79 Å².